The topological polar surface area (TPSA) is 106 Å². The standard InChI is InChI=1S/C29H40N6O2/c1-17(2)21-11-14-30-22(15-21)27-34-25-23(35(27)16-19-9-12-29(4,5)13-10-19)24(32-26(33-25)28(36)37)31-18(3)20-7-6-8-20/h11,14-15,17-20H,6-10,12-13,16H2,1-5H3,(H,36,37)(H,31,32,33)/t18-/m1/s1. The van der Waals surface area contributed by atoms with Gasteiger partial charge in [-0.15, -0.1) is 0 Å². The Kier molecular flexibility index (Phi) is 6.94. The lowest BCUT2D eigenvalue weighted by molar-refractivity contribution is 0.0684. The number of nitrogens with one attached hydrogen (secondary N) is 1. The molecule has 3 aromatic heterocycles. The number of carbonyl (C=O) groups is 1. The fourth-order valence-corrected chi connectivity index (χ4v) is 5.71. The molecule has 2 N–H and O–H groups in total. The Balaban J connectivity index is 1.64. The molecule has 8 heteroatoms. The molecular formula is C29H40N6O2. The molecule has 0 aromatic carbocycles. The van der Waals surface area contributed by atoms with E-state index in [9.17, 15) is 9.90 Å². The van der Waals surface area contributed by atoms with Crippen molar-refractivity contribution in [3.8, 4) is 11.5 Å². The smallest absolute Gasteiger partial charge is 0.374 e. The van der Waals surface area contributed by atoms with Crippen LogP contribution in [0.25, 0.3) is 22.7 Å². The maximum Gasteiger partial charge on any atom is 0.374 e. The van der Waals surface area contributed by atoms with Gasteiger partial charge in [0.15, 0.2) is 17.3 Å². The molecule has 0 bridgehead atoms. The molecule has 0 spiro atoms. The lowest BCUT2D eigenvalue weighted by Crippen LogP contribution is -2.31. The fraction of sp³-hybridized carbons (Fsp3) is 0.621. The van der Waals surface area contributed by atoms with Gasteiger partial charge in [0.2, 0.25) is 5.82 Å². The summed E-state index contributed by atoms with van der Waals surface area (Å²) in [6.07, 6.45) is 10.2. The van der Waals surface area contributed by atoms with Gasteiger partial charge >= 0.3 is 5.97 Å². The third-order valence-corrected chi connectivity index (χ3v) is 8.59. The molecule has 1 atom stereocenters. The van der Waals surface area contributed by atoms with E-state index in [-0.39, 0.29) is 11.9 Å². The van der Waals surface area contributed by atoms with Crippen molar-refractivity contribution in [1.29, 1.82) is 0 Å². The predicted octanol–water partition coefficient (Wildman–Crippen LogP) is 6.53. The largest absolute Gasteiger partial charge is 0.475 e. The number of nitrogens with zero attached hydrogens (tertiary/aromatic N) is 5. The van der Waals surface area contributed by atoms with Crippen molar-refractivity contribution in [3.63, 3.8) is 0 Å². The van der Waals surface area contributed by atoms with E-state index >= 15 is 0 Å². The molecule has 2 aliphatic carbocycles. The minimum Gasteiger partial charge on any atom is -0.475 e. The maximum absolute atomic E-state index is 11.9. The number of anilines is 1. The fourth-order valence-electron chi connectivity index (χ4n) is 5.71. The Morgan fingerprint density at radius 3 is 2.49 bits per heavy atom. The van der Waals surface area contributed by atoms with E-state index in [4.69, 9.17) is 9.97 Å². The first kappa shape index (κ1) is 25.6. The summed E-state index contributed by atoms with van der Waals surface area (Å²) in [4.78, 5) is 30.5. The number of hydrogen-bond acceptors (Lipinski definition) is 6. The zero-order valence-electron chi connectivity index (χ0n) is 22.8. The van der Waals surface area contributed by atoms with E-state index in [1.165, 1.54) is 37.7 Å². The van der Waals surface area contributed by atoms with Gasteiger partial charge in [-0.1, -0.05) is 34.1 Å². The Morgan fingerprint density at radius 2 is 1.86 bits per heavy atom. The van der Waals surface area contributed by atoms with Crippen molar-refractivity contribution in [2.24, 2.45) is 17.3 Å². The highest BCUT2D eigenvalue weighted by atomic mass is 16.4. The summed E-state index contributed by atoms with van der Waals surface area (Å²) >= 11 is 0. The van der Waals surface area contributed by atoms with Gasteiger partial charge in [-0.2, -0.15) is 0 Å². The molecule has 0 saturated heterocycles. The van der Waals surface area contributed by atoms with E-state index in [1.54, 1.807) is 0 Å². The second kappa shape index (κ2) is 10.0. The van der Waals surface area contributed by atoms with Crippen LogP contribution < -0.4 is 5.32 Å². The molecule has 8 nitrogen and oxygen atoms in total. The molecule has 2 aliphatic rings. The van der Waals surface area contributed by atoms with Crippen LogP contribution in [0.3, 0.4) is 0 Å². The van der Waals surface area contributed by atoms with Gasteiger partial charge in [0, 0.05) is 18.8 Å². The minimum atomic E-state index is -1.15. The Morgan fingerprint density at radius 1 is 1.14 bits per heavy atom. The van der Waals surface area contributed by atoms with Crippen molar-refractivity contribution in [3.05, 3.63) is 29.7 Å². The molecule has 198 valence electrons. The average molecular weight is 505 g/mol. The Hall–Kier alpha value is -3.03. The Labute approximate surface area is 219 Å². The SMILES string of the molecule is CC(C)c1ccnc(-c2nc3nc(C(=O)O)nc(N[C@H](C)C4CCC4)c3n2CC2CCC(C)(C)CC2)c1. The summed E-state index contributed by atoms with van der Waals surface area (Å²) in [7, 11) is 0. The Bertz CT molecular complexity index is 1280. The van der Waals surface area contributed by atoms with Crippen LogP contribution in [0.15, 0.2) is 18.3 Å². The van der Waals surface area contributed by atoms with Crippen LogP contribution in [0.4, 0.5) is 5.82 Å². The molecule has 37 heavy (non-hydrogen) atoms. The molecule has 0 radical (unpaired) electrons. The molecule has 5 rings (SSSR count). The van der Waals surface area contributed by atoms with Gasteiger partial charge in [0.1, 0.15) is 11.2 Å². The van der Waals surface area contributed by atoms with Gasteiger partial charge < -0.3 is 15.0 Å². The van der Waals surface area contributed by atoms with E-state index < -0.39 is 5.97 Å². The van der Waals surface area contributed by atoms with E-state index in [2.05, 4.69) is 60.5 Å². The van der Waals surface area contributed by atoms with Crippen LogP contribution >= 0.6 is 0 Å². The van der Waals surface area contributed by atoms with Gasteiger partial charge in [-0.3, -0.25) is 4.98 Å². The van der Waals surface area contributed by atoms with Crippen LogP contribution in [0.1, 0.15) is 102 Å². The van der Waals surface area contributed by atoms with Gasteiger partial charge in [0.05, 0.1) is 0 Å². The predicted molar refractivity (Wildman–Crippen MR) is 146 cm³/mol. The van der Waals surface area contributed by atoms with Crippen LogP contribution in [-0.4, -0.2) is 41.6 Å². The number of aromatic nitrogens is 5. The van der Waals surface area contributed by atoms with Crippen molar-refractivity contribution >= 4 is 23.0 Å². The first-order valence-electron chi connectivity index (χ1n) is 13.9. The zero-order valence-corrected chi connectivity index (χ0v) is 22.8. The summed E-state index contributed by atoms with van der Waals surface area (Å²) in [6.45, 7) is 12.0. The second-order valence-electron chi connectivity index (χ2n) is 12.3. The lowest BCUT2D eigenvalue weighted by atomic mass is 9.73. The minimum absolute atomic E-state index is 0.193. The molecule has 0 amide bonds. The van der Waals surface area contributed by atoms with E-state index in [0.717, 1.165) is 36.4 Å². The van der Waals surface area contributed by atoms with Crippen LogP contribution in [0, 0.1) is 17.3 Å². The van der Waals surface area contributed by atoms with Crippen molar-refractivity contribution in [2.45, 2.75) is 98.1 Å². The van der Waals surface area contributed by atoms with Gasteiger partial charge in [0.25, 0.3) is 0 Å². The van der Waals surface area contributed by atoms with Crippen LogP contribution in [0.5, 0.6) is 0 Å². The lowest BCUT2D eigenvalue weighted by Gasteiger charge is -2.35. The van der Waals surface area contributed by atoms with Crippen molar-refractivity contribution < 1.29 is 9.90 Å². The summed E-state index contributed by atoms with van der Waals surface area (Å²) in [6, 6.07) is 4.33. The van der Waals surface area contributed by atoms with Gasteiger partial charge in [-0.05, 0) is 86.3 Å². The molecule has 2 fully saturated rings. The van der Waals surface area contributed by atoms with E-state index in [0.29, 0.717) is 34.6 Å². The highest BCUT2D eigenvalue weighted by Crippen LogP contribution is 2.40. The number of pyridine rings is 1. The summed E-state index contributed by atoms with van der Waals surface area (Å²) in [5.74, 6) is 1.36. The van der Waals surface area contributed by atoms with Gasteiger partial charge in [-0.25, -0.2) is 19.7 Å². The van der Waals surface area contributed by atoms with E-state index in [1.807, 2.05) is 12.3 Å². The number of fused-ring (bicyclic) bond motifs is 1. The average Bonchev–Trinajstić information content (AvgIpc) is 3.17. The molecule has 3 aromatic rings. The quantitative estimate of drug-likeness (QED) is 0.359. The third kappa shape index (κ3) is 5.34. The number of rotatable bonds is 8. The molecular weight excluding hydrogens is 464 g/mol. The van der Waals surface area contributed by atoms with Crippen molar-refractivity contribution in [1.82, 2.24) is 24.5 Å². The first-order chi connectivity index (χ1) is 17.6. The molecule has 0 unspecified atom stereocenters. The normalized spacial score (nSPS) is 19.2. The number of imidazole rings is 1. The van der Waals surface area contributed by atoms with Crippen LogP contribution in [-0.2, 0) is 6.54 Å². The zero-order chi connectivity index (χ0) is 26.3. The third-order valence-electron chi connectivity index (χ3n) is 8.59. The van der Waals surface area contributed by atoms with Crippen LogP contribution in [0.2, 0.25) is 0 Å². The second-order valence-corrected chi connectivity index (χ2v) is 12.3. The highest BCUT2D eigenvalue weighted by molar-refractivity contribution is 5.92. The maximum atomic E-state index is 11.9. The first-order valence-corrected chi connectivity index (χ1v) is 13.9. The molecule has 2 saturated carbocycles. The highest BCUT2D eigenvalue weighted by Gasteiger charge is 2.31. The number of hydrogen-bond donors (Lipinski definition) is 2. The number of carboxylic acid groups (broad SMARTS) is 1. The summed E-state index contributed by atoms with van der Waals surface area (Å²) < 4.78 is 2.21. The molecule has 3 heterocycles. The molecule has 0 aliphatic heterocycles. The summed E-state index contributed by atoms with van der Waals surface area (Å²) in [5.41, 5.74) is 3.56. The van der Waals surface area contributed by atoms with Crippen molar-refractivity contribution in [2.75, 3.05) is 5.32 Å². The monoisotopic (exact) mass is 504 g/mol. The number of carboxylic acids is 1. The summed E-state index contributed by atoms with van der Waals surface area (Å²) in [5, 5.41) is 13.3. The number of aromatic carboxylic acids is 1.